The molecule has 0 radical (unpaired) electrons. The highest BCUT2D eigenvalue weighted by molar-refractivity contribution is 7.25. The highest BCUT2D eigenvalue weighted by Crippen LogP contribution is 2.40. The predicted octanol–water partition coefficient (Wildman–Crippen LogP) is 13.2. The van der Waals surface area contributed by atoms with Crippen LogP contribution in [0.2, 0.25) is 0 Å². The van der Waals surface area contributed by atoms with E-state index in [4.69, 9.17) is 29.9 Å². The van der Waals surface area contributed by atoms with Crippen LogP contribution in [0, 0.1) is 0 Å². The average Bonchev–Trinajstić information content (AvgIpc) is 3.70. The molecule has 0 atom stereocenters. The number of nitrogens with zero attached hydrogens (tertiary/aromatic N) is 6. The lowest BCUT2D eigenvalue weighted by molar-refractivity contribution is 1.07. The maximum absolute atomic E-state index is 5.26. The van der Waals surface area contributed by atoms with Crippen molar-refractivity contribution in [1.82, 2.24) is 29.9 Å². The van der Waals surface area contributed by atoms with Crippen molar-refractivity contribution in [3.05, 3.63) is 194 Å². The smallest absolute Gasteiger partial charge is 0.164 e. The van der Waals surface area contributed by atoms with Crippen molar-refractivity contribution in [3.63, 3.8) is 0 Å². The van der Waals surface area contributed by atoms with E-state index in [9.17, 15) is 0 Å². The van der Waals surface area contributed by atoms with E-state index in [1.807, 2.05) is 72.9 Å². The van der Waals surface area contributed by atoms with E-state index in [-0.39, 0.29) is 0 Å². The molecule has 0 fully saturated rings. The number of hydrogen-bond donors (Lipinski definition) is 0. The molecule has 4 heterocycles. The molecule has 0 N–H and O–H groups in total. The maximum atomic E-state index is 5.26. The Morgan fingerprint density at radius 3 is 1.39 bits per heavy atom. The molecule has 0 aliphatic rings. The third-order valence-corrected chi connectivity index (χ3v) is 11.7. The normalized spacial score (nSPS) is 11.4. The molecule has 11 aromatic rings. The van der Waals surface area contributed by atoms with Gasteiger partial charge in [-0.25, -0.2) is 29.9 Å². The summed E-state index contributed by atoms with van der Waals surface area (Å²) < 4.78 is 1.01. The molecule has 0 aliphatic heterocycles. The lowest BCUT2D eigenvalue weighted by Gasteiger charge is -2.10. The summed E-state index contributed by atoms with van der Waals surface area (Å²) in [4.78, 5) is 31.3. The van der Waals surface area contributed by atoms with E-state index in [2.05, 4.69) is 121 Å². The summed E-state index contributed by atoms with van der Waals surface area (Å²) in [6, 6.07) is 64.5. The van der Waals surface area contributed by atoms with Crippen LogP contribution < -0.4 is 0 Å². The van der Waals surface area contributed by atoms with E-state index in [1.165, 1.54) is 10.8 Å². The Hall–Kier alpha value is -7.74. The molecule has 59 heavy (non-hydrogen) atoms. The van der Waals surface area contributed by atoms with Gasteiger partial charge in [0, 0.05) is 45.0 Å². The summed E-state index contributed by atoms with van der Waals surface area (Å²) in [7, 11) is 0. The Morgan fingerprint density at radius 2 is 0.780 bits per heavy atom. The van der Waals surface area contributed by atoms with Crippen LogP contribution in [0.15, 0.2) is 194 Å². The van der Waals surface area contributed by atoms with E-state index in [0.717, 1.165) is 76.2 Å². The quantitative estimate of drug-likeness (QED) is 0.161. The molecule has 276 valence electrons. The van der Waals surface area contributed by atoms with Crippen molar-refractivity contribution in [2.75, 3.05) is 0 Å². The Kier molecular flexibility index (Phi) is 8.56. The van der Waals surface area contributed by atoms with Crippen LogP contribution in [-0.2, 0) is 0 Å². The number of thiophene rings is 1. The average molecular weight is 773 g/mol. The zero-order valence-electron chi connectivity index (χ0n) is 31.6. The molecule has 7 aromatic carbocycles. The van der Waals surface area contributed by atoms with Crippen LogP contribution in [0.25, 0.3) is 110 Å². The monoisotopic (exact) mass is 772 g/mol. The highest BCUT2D eigenvalue weighted by atomic mass is 32.1. The van der Waals surface area contributed by atoms with E-state index in [1.54, 1.807) is 11.3 Å². The highest BCUT2D eigenvalue weighted by Gasteiger charge is 2.19. The van der Waals surface area contributed by atoms with Gasteiger partial charge in [0.15, 0.2) is 23.3 Å². The molecule has 0 saturated heterocycles. The van der Waals surface area contributed by atoms with Gasteiger partial charge in [0.2, 0.25) is 0 Å². The Bertz CT molecular complexity index is 3300. The van der Waals surface area contributed by atoms with Gasteiger partial charge in [-0.15, -0.1) is 11.3 Å². The van der Waals surface area contributed by atoms with Crippen LogP contribution in [0.5, 0.6) is 0 Å². The molecule has 0 amide bonds. The topological polar surface area (TPSA) is 77.3 Å². The zero-order chi connectivity index (χ0) is 39.1. The van der Waals surface area contributed by atoms with Crippen LogP contribution in [0.3, 0.4) is 0 Å². The summed E-state index contributed by atoms with van der Waals surface area (Å²) >= 11 is 1.63. The van der Waals surface area contributed by atoms with Crippen LogP contribution in [0.1, 0.15) is 0 Å². The van der Waals surface area contributed by atoms with Crippen LogP contribution in [-0.4, -0.2) is 29.9 Å². The molecule has 4 aromatic heterocycles. The van der Waals surface area contributed by atoms with Gasteiger partial charge in [-0.1, -0.05) is 176 Å². The molecule has 6 nitrogen and oxygen atoms in total. The van der Waals surface area contributed by atoms with E-state index >= 15 is 0 Å². The molecule has 0 unspecified atom stereocenters. The van der Waals surface area contributed by atoms with Crippen LogP contribution >= 0.6 is 11.3 Å². The molecule has 0 spiro atoms. The molecule has 7 heteroatoms. The van der Waals surface area contributed by atoms with Crippen molar-refractivity contribution in [2.45, 2.75) is 0 Å². The molecular formula is C52H32N6S. The fourth-order valence-electron chi connectivity index (χ4n) is 7.54. The fourth-order valence-corrected chi connectivity index (χ4v) is 8.62. The summed E-state index contributed by atoms with van der Waals surface area (Å²) in [6.07, 6.45) is 1.96. The van der Waals surface area contributed by atoms with Gasteiger partial charge < -0.3 is 0 Å². The first-order valence-corrected chi connectivity index (χ1v) is 20.2. The summed E-state index contributed by atoms with van der Waals surface area (Å²) in [6.45, 7) is 0. The molecular weight excluding hydrogens is 741 g/mol. The number of fused-ring (bicyclic) bond motifs is 4. The van der Waals surface area contributed by atoms with E-state index in [0.29, 0.717) is 23.3 Å². The van der Waals surface area contributed by atoms with Crippen molar-refractivity contribution in [3.8, 4) is 79.1 Å². The van der Waals surface area contributed by atoms with Gasteiger partial charge in [0.25, 0.3) is 0 Å². The van der Waals surface area contributed by atoms with Gasteiger partial charge in [-0.3, -0.25) is 0 Å². The second-order valence-corrected chi connectivity index (χ2v) is 15.4. The SMILES string of the molecule is c1ccc(-c2ccc(-c3nc(-c4ccccc4)nc(-c4ccc(-c5nc(-c6ccccc6)c6sc7ncc(-c8ccc9ccccc9c8)cc7c6n5)cc4)n3)cc2)cc1. The minimum absolute atomic E-state index is 0.588. The minimum atomic E-state index is 0.588. The Balaban J connectivity index is 1.00. The Labute approximate surface area is 344 Å². The van der Waals surface area contributed by atoms with Crippen molar-refractivity contribution >= 4 is 42.5 Å². The molecule has 0 aliphatic carbocycles. The first kappa shape index (κ1) is 34.5. The molecule has 0 bridgehead atoms. The lowest BCUT2D eigenvalue weighted by atomic mass is 10.0. The first-order chi connectivity index (χ1) is 29.2. The molecule has 11 rings (SSSR count). The predicted molar refractivity (Wildman–Crippen MR) is 242 cm³/mol. The summed E-state index contributed by atoms with van der Waals surface area (Å²) in [5.41, 5.74) is 10.9. The summed E-state index contributed by atoms with van der Waals surface area (Å²) in [5, 5.41) is 3.42. The Morgan fingerprint density at radius 1 is 0.322 bits per heavy atom. The second-order valence-electron chi connectivity index (χ2n) is 14.4. The van der Waals surface area contributed by atoms with Gasteiger partial charge in [0.1, 0.15) is 4.83 Å². The van der Waals surface area contributed by atoms with Gasteiger partial charge in [0.05, 0.1) is 15.9 Å². The summed E-state index contributed by atoms with van der Waals surface area (Å²) in [5.74, 6) is 2.45. The second kappa shape index (κ2) is 14.6. The third-order valence-electron chi connectivity index (χ3n) is 10.6. The number of aromatic nitrogens is 6. The third kappa shape index (κ3) is 6.59. The fraction of sp³-hybridized carbons (Fsp3) is 0. The minimum Gasteiger partial charge on any atom is -0.245 e. The van der Waals surface area contributed by atoms with Crippen molar-refractivity contribution in [1.29, 1.82) is 0 Å². The van der Waals surface area contributed by atoms with Gasteiger partial charge in [-0.05, 0) is 39.6 Å². The number of benzene rings is 7. The van der Waals surface area contributed by atoms with Crippen LogP contribution in [0.4, 0.5) is 0 Å². The van der Waals surface area contributed by atoms with Gasteiger partial charge >= 0.3 is 0 Å². The lowest BCUT2D eigenvalue weighted by Crippen LogP contribution is -2.00. The number of hydrogen-bond acceptors (Lipinski definition) is 7. The standard InChI is InChI=1S/C52H32N6S/c1-4-12-33(13-5-1)35-20-23-39(24-21-35)50-56-49(37-17-8-3-9-18-37)57-51(58-50)40-27-25-38(26-28-40)48-54-45(36-15-6-2-7-16-36)47-46(55-48)44-31-43(32-53-52(44)59-47)42-29-22-34-14-10-11-19-41(34)30-42/h1-32H. The van der Waals surface area contributed by atoms with Crippen molar-refractivity contribution in [2.24, 2.45) is 0 Å². The molecule has 0 saturated carbocycles. The maximum Gasteiger partial charge on any atom is 0.164 e. The van der Waals surface area contributed by atoms with Gasteiger partial charge in [-0.2, -0.15) is 0 Å². The van der Waals surface area contributed by atoms with E-state index < -0.39 is 0 Å². The number of rotatable bonds is 7. The number of pyridine rings is 1. The zero-order valence-corrected chi connectivity index (χ0v) is 32.4. The largest absolute Gasteiger partial charge is 0.245 e. The van der Waals surface area contributed by atoms with Crippen molar-refractivity contribution < 1.29 is 0 Å². The first-order valence-electron chi connectivity index (χ1n) is 19.4.